The highest BCUT2D eigenvalue weighted by atomic mass is 28.3. The Balaban J connectivity index is 1.04. The van der Waals surface area contributed by atoms with Crippen LogP contribution in [0.15, 0.2) is 303 Å². The topological polar surface area (TPSA) is 9.86 Å². The first-order chi connectivity index (χ1) is 37.8. The lowest BCUT2D eigenvalue weighted by atomic mass is 9.97. The Labute approximate surface area is 444 Å². The van der Waals surface area contributed by atoms with Gasteiger partial charge in [-0.2, -0.15) is 0 Å². The van der Waals surface area contributed by atoms with Crippen LogP contribution in [0.2, 0.25) is 0 Å². The molecule has 0 atom stereocenters. The van der Waals surface area contributed by atoms with Crippen molar-refractivity contribution in [2.45, 2.75) is 0 Å². The fourth-order valence-electron chi connectivity index (χ4n) is 13.6. The van der Waals surface area contributed by atoms with Gasteiger partial charge in [-0.3, -0.25) is 0 Å². The van der Waals surface area contributed by atoms with E-state index in [0.717, 1.165) is 11.4 Å². The van der Waals surface area contributed by atoms with E-state index in [2.05, 4.69) is 312 Å². The van der Waals surface area contributed by atoms with Gasteiger partial charge in [0.2, 0.25) is 0 Å². The molecule has 356 valence electrons. The average molecular weight is 999 g/mol. The van der Waals surface area contributed by atoms with E-state index in [4.69, 9.17) is 0 Å². The number of benzene rings is 12. The molecular formula is C72H50N2Si2. The second-order valence-electron chi connectivity index (χ2n) is 20.2. The molecule has 1 aliphatic rings. The molecule has 0 fully saturated rings. The van der Waals surface area contributed by atoms with Gasteiger partial charge in [-0.25, -0.2) is 0 Å². The van der Waals surface area contributed by atoms with E-state index >= 15 is 0 Å². The molecule has 0 saturated carbocycles. The van der Waals surface area contributed by atoms with E-state index in [1.54, 1.807) is 0 Å². The van der Waals surface area contributed by atoms with Gasteiger partial charge in [0.1, 0.15) is 0 Å². The Bertz CT molecular complexity index is 4370. The van der Waals surface area contributed by atoms with Crippen LogP contribution in [-0.4, -0.2) is 25.3 Å². The number of nitrogens with zero attached hydrogens (tertiary/aromatic N) is 2. The number of para-hydroxylation sites is 4. The molecule has 2 aromatic heterocycles. The van der Waals surface area contributed by atoms with Crippen LogP contribution in [0, 0.1) is 0 Å². The molecule has 1 aliphatic heterocycles. The molecule has 0 radical (unpaired) electrons. The summed E-state index contributed by atoms with van der Waals surface area (Å²) in [5.41, 5.74) is 12.2. The SMILES string of the molecule is c1ccc([Si](c2ccccc2)(c2ccccc2)c2cccc(-n3c4ccccc4c4cccc(-n5c6ccccc6c6cccc(-c7cccc8c7[Si](c7ccccc7)(c7ccccc7)c7ccccc7-8)c65)c43)c2)cc1. The van der Waals surface area contributed by atoms with E-state index in [9.17, 15) is 0 Å². The smallest absolute Gasteiger partial charge is 0.181 e. The number of hydrogen-bond acceptors (Lipinski definition) is 0. The molecule has 0 N–H and O–H groups in total. The van der Waals surface area contributed by atoms with Crippen LogP contribution in [0.4, 0.5) is 0 Å². The van der Waals surface area contributed by atoms with Crippen molar-refractivity contribution in [1.29, 1.82) is 0 Å². The molecule has 0 amide bonds. The van der Waals surface area contributed by atoms with Crippen molar-refractivity contribution in [2.75, 3.05) is 0 Å². The second kappa shape index (κ2) is 17.7. The van der Waals surface area contributed by atoms with Gasteiger partial charge in [-0.1, -0.05) is 273 Å². The predicted octanol–water partition coefficient (Wildman–Crippen LogP) is 12.3. The van der Waals surface area contributed by atoms with E-state index in [-0.39, 0.29) is 0 Å². The molecule has 0 unspecified atom stereocenters. The van der Waals surface area contributed by atoms with Gasteiger partial charge in [0.25, 0.3) is 0 Å². The van der Waals surface area contributed by atoms with Gasteiger partial charge in [0.15, 0.2) is 16.1 Å². The third-order valence-corrected chi connectivity index (χ3v) is 26.2. The highest BCUT2D eigenvalue weighted by molar-refractivity contribution is 7.23. The third kappa shape index (κ3) is 6.32. The van der Waals surface area contributed by atoms with Crippen molar-refractivity contribution in [3.63, 3.8) is 0 Å². The van der Waals surface area contributed by atoms with E-state index in [1.165, 1.54) is 107 Å². The molecule has 12 aromatic carbocycles. The normalized spacial score (nSPS) is 12.8. The summed E-state index contributed by atoms with van der Waals surface area (Å²) in [5.74, 6) is 0. The van der Waals surface area contributed by atoms with Gasteiger partial charge < -0.3 is 9.13 Å². The van der Waals surface area contributed by atoms with Crippen LogP contribution in [0.1, 0.15) is 0 Å². The summed E-state index contributed by atoms with van der Waals surface area (Å²) in [6.45, 7) is 0. The highest BCUT2D eigenvalue weighted by Gasteiger charge is 2.50. The van der Waals surface area contributed by atoms with Crippen LogP contribution >= 0.6 is 0 Å². The van der Waals surface area contributed by atoms with Crippen LogP contribution in [0.5, 0.6) is 0 Å². The molecule has 2 nitrogen and oxygen atoms in total. The standard InChI is InChI=1S/C72H50N2Si2/c1-6-27-52(28-7-1)75(53-29-8-2-9-30-53,54-31-10-3-11-32-54)57-37-22-26-51(50-57)73-66-46-19-16-39-59(66)62-43-25-48-68(71(62)73)74-67-47-20-17-38-58(67)61-41-23-42-63(70(61)74)65-45-24-44-64-60-40-18-21-49-69(60)76(72(64)65,55-33-12-4-13-34-55)56-35-14-5-15-36-56/h1-50H. The van der Waals surface area contributed by atoms with E-state index in [1.807, 2.05) is 0 Å². The Kier molecular flexibility index (Phi) is 10.3. The molecule has 3 heterocycles. The van der Waals surface area contributed by atoms with E-state index < -0.39 is 16.1 Å². The molecule has 0 bridgehead atoms. The molecular weight excluding hydrogens is 949 g/mol. The number of fused-ring (bicyclic) bond motifs is 9. The number of hydrogen-bond donors (Lipinski definition) is 0. The van der Waals surface area contributed by atoms with Gasteiger partial charge in [-0.15, -0.1) is 0 Å². The summed E-state index contributed by atoms with van der Waals surface area (Å²) in [6, 6.07) is 114. The first kappa shape index (κ1) is 44.2. The van der Waals surface area contributed by atoms with Gasteiger partial charge in [-0.05, 0) is 88.5 Å². The lowest BCUT2D eigenvalue weighted by molar-refractivity contribution is 1.13. The fourth-order valence-corrected chi connectivity index (χ4v) is 23.8. The maximum absolute atomic E-state index is 2.90. The predicted molar refractivity (Wildman–Crippen MR) is 327 cm³/mol. The lowest BCUT2D eigenvalue weighted by Crippen LogP contribution is -2.74. The van der Waals surface area contributed by atoms with Crippen LogP contribution in [-0.2, 0) is 0 Å². The molecule has 76 heavy (non-hydrogen) atoms. The summed E-state index contributed by atoms with van der Waals surface area (Å²) >= 11 is 0. The summed E-state index contributed by atoms with van der Waals surface area (Å²) in [6.07, 6.45) is 0. The highest BCUT2D eigenvalue weighted by Crippen LogP contribution is 2.43. The van der Waals surface area contributed by atoms with Crippen molar-refractivity contribution < 1.29 is 0 Å². The molecule has 0 aliphatic carbocycles. The van der Waals surface area contributed by atoms with Crippen molar-refractivity contribution in [3.8, 4) is 33.6 Å². The zero-order valence-electron chi connectivity index (χ0n) is 41.8. The van der Waals surface area contributed by atoms with Crippen molar-refractivity contribution in [1.82, 2.24) is 9.13 Å². The summed E-state index contributed by atoms with van der Waals surface area (Å²) in [4.78, 5) is 0. The lowest BCUT2D eigenvalue weighted by Gasteiger charge is -2.34. The zero-order valence-corrected chi connectivity index (χ0v) is 43.8. The second-order valence-corrected chi connectivity index (χ2v) is 27.7. The minimum absolute atomic E-state index is 1.14. The largest absolute Gasteiger partial charge is 0.307 e. The van der Waals surface area contributed by atoms with Crippen LogP contribution in [0.3, 0.4) is 0 Å². The summed E-state index contributed by atoms with van der Waals surface area (Å²) < 4.78 is 5.17. The quantitative estimate of drug-likeness (QED) is 0.101. The first-order valence-electron chi connectivity index (χ1n) is 26.4. The van der Waals surface area contributed by atoms with Gasteiger partial charge >= 0.3 is 0 Å². The molecule has 15 rings (SSSR count). The minimum Gasteiger partial charge on any atom is -0.307 e. The van der Waals surface area contributed by atoms with E-state index in [0.29, 0.717) is 0 Å². The Hall–Kier alpha value is -9.33. The molecule has 4 heteroatoms. The summed E-state index contributed by atoms with van der Waals surface area (Å²) in [5, 5.41) is 16.0. The maximum atomic E-state index is 2.61. The fraction of sp³-hybridized carbons (Fsp3) is 0. The molecule has 14 aromatic rings. The molecule has 0 spiro atoms. The summed E-state index contributed by atoms with van der Waals surface area (Å²) in [7, 11) is -5.77. The number of aromatic nitrogens is 2. The third-order valence-electron chi connectivity index (χ3n) is 16.5. The van der Waals surface area contributed by atoms with Crippen LogP contribution < -0.4 is 41.5 Å². The van der Waals surface area contributed by atoms with Gasteiger partial charge in [0.05, 0.1) is 27.8 Å². The molecule has 0 saturated heterocycles. The maximum Gasteiger partial charge on any atom is 0.181 e. The van der Waals surface area contributed by atoms with Crippen LogP contribution in [0.25, 0.3) is 77.2 Å². The average Bonchev–Trinajstić information content (AvgIpc) is 4.20. The minimum atomic E-state index is -2.90. The van der Waals surface area contributed by atoms with Crippen molar-refractivity contribution in [2.24, 2.45) is 0 Å². The monoisotopic (exact) mass is 998 g/mol. The van der Waals surface area contributed by atoms with Crippen molar-refractivity contribution in [3.05, 3.63) is 303 Å². The Morgan fingerprint density at radius 2 is 0.684 bits per heavy atom. The Morgan fingerprint density at radius 1 is 0.276 bits per heavy atom. The Morgan fingerprint density at radius 3 is 1.29 bits per heavy atom. The first-order valence-corrected chi connectivity index (χ1v) is 30.4. The van der Waals surface area contributed by atoms with Crippen molar-refractivity contribution >= 4 is 101 Å². The number of rotatable bonds is 9. The zero-order chi connectivity index (χ0) is 50.2. The van der Waals surface area contributed by atoms with Gasteiger partial charge in [0, 0.05) is 32.8 Å².